The number of hydrogen-bond donors (Lipinski definition) is 2. The summed E-state index contributed by atoms with van der Waals surface area (Å²) in [5, 5.41) is 7.09. The van der Waals surface area contributed by atoms with Gasteiger partial charge in [-0.3, -0.25) is 9.58 Å². The molecule has 124 valence electrons. The Kier molecular flexibility index (Phi) is 4.92. The summed E-state index contributed by atoms with van der Waals surface area (Å²) >= 11 is 0. The SMILES string of the molecule is CCN1CCN(C(=O)NCCn2cccn2)C[C@@H]1c1ncc[nH]1. The molecule has 2 N–H and O–H groups in total. The molecule has 0 spiro atoms. The lowest BCUT2D eigenvalue weighted by Crippen LogP contribution is -2.53. The first-order chi connectivity index (χ1) is 11.3. The normalized spacial score (nSPS) is 19.0. The minimum atomic E-state index is -0.0236. The number of hydrogen-bond acceptors (Lipinski definition) is 4. The number of rotatable bonds is 5. The van der Waals surface area contributed by atoms with Crippen molar-refractivity contribution in [2.24, 2.45) is 0 Å². The van der Waals surface area contributed by atoms with Crippen molar-refractivity contribution in [2.75, 3.05) is 32.7 Å². The highest BCUT2D eigenvalue weighted by atomic mass is 16.2. The number of imidazole rings is 1. The molecule has 3 rings (SSSR count). The van der Waals surface area contributed by atoms with E-state index in [1.165, 1.54) is 0 Å². The summed E-state index contributed by atoms with van der Waals surface area (Å²) in [7, 11) is 0. The van der Waals surface area contributed by atoms with Crippen molar-refractivity contribution in [3.63, 3.8) is 0 Å². The molecule has 1 saturated heterocycles. The summed E-state index contributed by atoms with van der Waals surface area (Å²) in [4.78, 5) is 24.1. The van der Waals surface area contributed by atoms with Crippen LogP contribution in [0.2, 0.25) is 0 Å². The second kappa shape index (κ2) is 7.28. The van der Waals surface area contributed by atoms with Crippen molar-refractivity contribution < 1.29 is 4.79 Å². The van der Waals surface area contributed by atoms with Gasteiger partial charge in [0.25, 0.3) is 0 Å². The lowest BCUT2D eigenvalue weighted by atomic mass is 10.1. The van der Waals surface area contributed by atoms with Gasteiger partial charge >= 0.3 is 6.03 Å². The molecule has 8 heteroatoms. The van der Waals surface area contributed by atoms with Gasteiger partial charge in [-0.15, -0.1) is 0 Å². The Bertz CT molecular complexity index is 595. The number of amides is 2. The number of urea groups is 1. The predicted molar refractivity (Wildman–Crippen MR) is 85.8 cm³/mol. The van der Waals surface area contributed by atoms with Crippen molar-refractivity contribution in [3.05, 3.63) is 36.7 Å². The first-order valence-corrected chi connectivity index (χ1v) is 8.01. The first kappa shape index (κ1) is 15.5. The number of piperazine rings is 1. The summed E-state index contributed by atoms with van der Waals surface area (Å²) in [6.07, 6.45) is 7.21. The van der Waals surface area contributed by atoms with E-state index in [1.807, 2.05) is 23.4 Å². The van der Waals surface area contributed by atoms with Gasteiger partial charge in [-0.1, -0.05) is 6.92 Å². The number of aromatic amines is 1. The number of H-pyrrole nitrogens is 1. The third-order valence-electron chi connectivity index (χ3n) is 4.20. The lowest BCUT2D eigenvalue weighted by molar-refractivity contribution is 0.0897. The zero-order chi connectivity index (χ0) is 16.1. The van der Waals surface area contributed by atoms with Crippen LogP contribution < -0.4 is 5.32 Å². The molecule has 0 unspecified atom stereocenters. The van der Waals surface area contributed by atoms with Crippen LogP contribution in [0.3, 0.4) is 0 Å². The topological polar surface area (TPSA) is 82.1 Å². The van der Waals surface area contributed by atoms with Crippen molar-refractivity contribution in [1.82, 2.24) is 34.9 Å². The van der Waals surface area contributed by atoms with Gasteiger partial charge < -0.3 is 15.2 Å². The maximum Gasteiger partial charge on any atom is 0.317 e. The van der Waals surface area contributed by atoms with Gasteiger partial charge in [-0.05, 0) is 12.6 Å². The van der Waals surface area contributed by atoms with Crippen LogP contribution in [-0.4, -0.2) is 68.3 Å². The molecule has 23 heavy (non-hydrogen) atoms. The Balaban J connectivity index is 1.54. The maximum absolute atomic E-state index is 12.4. The van der Waals surface area contributed by atoms with E-state index in [2.05, 4.69) is 32.2 Å². The zero-order valence-corrected chi connectivity index (χ0v) is 13.4. The molecule has 0 saturated carbocycles. The average Bonchev–Trinajstić information content (AvgIpc) is 3.27. The van der Waals surface area contributed by atoms with Crippen LogP contribution >= 0.6 is 0 Å². The molecular weight excluding hydrogens is 294 g/mol. The van der Waals surface area contributed by atoms with Crippen molar-refractivity contribution >= 4 is 6.03 Å². The van der Waals surface area contributed by atoms with E-state index in [0.717, 1.165) is 25.5 Å². The summed E-state index contributed by atoms with van der Waals surface area (Å²) in [5.74, 6) is 0.917. The van der Waals surface area contributed by atoms with E-state index in [-0.39, 0.29) is 12.1 Å². The molecule has 2 aromatic heterocycles. The molecule has 0 radical (unpaired) electrons. The van der Waals surface area contributed by atoms with Gasteiger partial charge in [0.05, 0.1) is 12.6 Å². The van der Waals surface area contributed by atoms with Crippen LogP contribution in [0.5, 0.6) is 0 Å². The van der Waals surface area contributed by atoms with Crippen molar-refractivity contribution in [2.45, 2.75) is 19.5 Å². The fraction of sp³-hybridized carbons (Fsp3) is 0.533. The summed E-state index contributed by atoms with van der Waals surface area (Å²) in [6, 6.07) is 1.98. The number of nitrogens with zero attached hydrogens (tertiary/aromatic N) is 5. The van der Waals surface area contributed by atoms with Crippen LogP contribution in [0.4, 0.5) is 4.79 Å². The number of carbonyl (C=O) groups excluding carboxylic acids is 1. The van der Waals surface area contributed by atoms with Crippen LogP contribution in [0.25, 0.3) is 0 Å². The number of carbonyl (C=O) groups is 1. The third kappa shape index (κ3) is 3.70. The highest BCUT2D eigenvalue weighted by Gasteiger charge is 2.30. The van der Waals surface area contributed by atoms with E-state index >= 15 is 0 Å². The highest BCUT2D eigenvalue weighted by molar-refractivity contribution is 5.74. The highest BCUT2D eigenvalue weighted by Crippen LogP contribution is 2.22. The second-order valence-corrected chi connectivity index (χ2v) is 5.57. The van der Waals surface area contributed by atoms with Gasteiger partial charge in [0.1, 0.15) is 5.82 Å². The fourth-order valence-corrected chi connectivity index (χ4v) is 2.92. The molecule has 3 heterocycles. The fourth-order valence-electron chi connectivity index (χ4n) is 2.92. The van der Waals surface area contributed by atoms with E-state index < -0.39 is 0 Å². The minimum absolute atomic E-state index is 0.0236. The second-order valence-electron chi connectivity index (χ2n) is 5.57. The first-order valence-electron chi connectivity index (χ1n) is 8.01. The molecule has 8 nitrogen and oxygen atoms in total. The number of nitrogens with one attached hydrogen (secondary N) is 2. The molecular formula is C15H23N7O. The molecule has 2 aromatic rings. The lowest BCUT2D eigenvalue weighted by Gasteiger charge is -2.39. The summed E-state index contributed by atoms with van der Waals surface area (Å²) < 4.78 is 1.81. The maximum atomic E-state index is 12.4. The van der Waals surface area contributed by atoms with Crippen LogP contribution in [0, 0.1) is 0 Å². The van der Waals surface area contributed by atoms with E-state index in [4.69, 9.17) is 0 Å². The Morgan fingerprint density at radius 1 is 1.43 bits per heavy atom. The minimum Gasteiger partial charge on any atom is -0.347 e. The molecule has 1 atom stereocenters. The van der Waals surface area contributed by atoms with Crippen molar-refractivity contribution in [1.29, 1.82) is 0 Å². The average molecular weight is 317 g/mol. The van der Waals surface area contributed by atoms with Gasteiger partial charge in [0.2, 0.25) is 0 Å². The van der Waals surface area contributed by atoms with Crippen LogP contribution in [-0.2, 0) is 6.54 Å². The molecule has 1 aliphatic heterocycles. The van der Waals surface area contributed by atoms with E-state index in [0.29, 0.717) is 19.6 Å². The van der Waals surface area contributed by atoms with Gasteiger partial charge in [-0.25, -0.2) is 9.78 Å². The monoisotopic (exact) mass is 317 g/mol. The Hall–Kier alpha value is -2.35. The smallest absolute Gasteiger partial charge is 0.317 e. The van der Waals surface area contributed by atoms with Crippen LogP contribution in [0.15, 0.2) is 30.9 Å². The molecule has 0 bridgehead atoms. The standard InChI is InChI=1S/C15H23N7O/c1-2-20-10-11-21(12-13(20)14-16-5-6-17-14)15(23)18-7-9-22-8-3-4-19-22/h3-6,8,13H,2,7,9-12H2,1H3,(H,16,17)(H,18,23)/t13-/m1/s1. The van der Waals surface area contributed by atoms with E-state index in [1.54, 1.807) is 17.1 Å². The van der Waals surface area contributed by atoms with Gasteiger partial charge in [0.15, 0.2) is 0 Å². The number of aromatic nitrogens is 4. The van der Waals surface area contributed by atoms with Crippen LogP contribution in [0.1, 0.15) is 18.8 Å². The molecule has 1 fully saturated rings. The molecule has 2 amide bonds. The molecule has 1 aliphatic rings. The quantitative estimate of drug-likeness (QED) is 0.850. The summed E-state index contributed by atoms with van der Waals surface area (Å²) in [6.45, 7) is 6.56. The molecule has 0 aliphatic carbocycles. The third-order valence-corrected chi connectivity index (χ3v) is 4.20. The van der Waals surface area contributed by atoms with Gasteiger partial charge in [0, 0.05) is 51.0 Å². The largest absolute Gasteiger partial charge is 0.347 e. The zero-order valence-electron chi connectivity index (χ0n) is 13.4. The van der Waals surface area contributed by atoms with Crippen molar-refractivity contribution in [3.8, 4) is 0 Å². The Morgan fingerprint density at radius 3 is 3.04 bits per heavy atom. The molecule has 0 aromatic carbocycles. The predicted octanol–water partition coefficient (Wildman–Crippen LogP) is 0.695. The Morgan fingerprint density at radius 2 is 2.35 bits per heavy atom. The Labute approximate surface area is 135 Å². The van der Waals surface area contributed by atoms with E-state index in [9.17, 15) is 4.79 Å². The number of likely N-dealkylation sites (N-methyl/N-ethyl adjacent to an activating group) is 1. The van der Waals surface area contributed by atoms with Gasteiger partial charge in [-0.2, -0.15) is 5.10 Å². The summed E-state index contributed by atoms with van der Waals surface area (Å²) in [5.41, 5.74) is 0.